The molecule has 1 aromatic heterocycles. The molecule has 2 aromatic rings. The van der Waals surface area contributed by atoms with Crippen molar-refractivity contribution in [3.8, 4) is 5.69 Å². The van der Waals surface area contributed by atoms with Gasteiger partial charge in [0.05, 0.1) is 55.9 Å². The quantitative estimate of drug-likeness (QED) is 0.888. The number of amides is 1. The fourth-order valence-electron chi connectivity index (χ4n) is 3.38. The Hall–Kier alpha value is -2.21. The first-order valence-corrected chi connectivity index (χ1v) is 9.09. The van der Waals surface area contributed by atoms with Crippen molar-refractivity contribution in [3.05, 3.63) is 47.5 Å². The van der Waals surface area contributed by atoms with Crippen LogP contribution >= 0.6 is 0 Å². The summed E-state index contributed by atoms with van der Waals surface area (Å²) in [5.41, 5.74) is 2.36. The van der Waals surface area contributed by atoms with Crippen LogP contribution in [0.5, 0.6) is 0 Å². The molecule has 1 aliphatic rings. The van der Waals surface area contributed by atoms with Gasteiger partial charge in [-0.25, -0.2) is 9.07 Å². The van der Waals surface area contributed by atoms with Gasteiger partial charge in [-0.3, -0.25) is 4.79 Å². The lowest BCUT2D eigenvalue weighted by atomic mass is 10.1. The summed E-state index contributed by atoms with van der Waals surface area (Å²) in [7, 11) is 0. The molecule has 134 valence electrons. The largest absolute Gasteiger partial charge is 0.332 e. The van der Waals surface area contributed by atoms with E-state index in [9.17, 15) is 9.18 Å². The van der Waals surface area contributed by atoms with Crippen LogP contribution < -0.4 is 4.90 Å². The molecule has 1 saturated heterocycles. The Kier molecular flexibility index (Phi) is 5.48. The average molecular weight is 345 g/mol. The number of nitrogens with one attached hydrogen (secondary N) is 1. The number of rotatable bonds is 5. The Balaban J connectivity index is 1.86. The van der Waals surface area contributed by atoms with Crippen LogP contribution in [0.25, 0.3) is 5.69 Å². The molecular formula is C19H26FN4O+. The number of piperazine rings is 1. The van der Waals surface area contributed by atoms with Gasteiger partial charge < -0.3 is 9.80 Å². The Morgan fingerprint density at radius 2 is 1.88 bits per heavy atom. The summed E-state index contributed by atoms with van der Waals surface area (Å²) in [6.07, 6.45) is 3.34. The second-order valence-corrected chi connectivity index (χ2v) is 6.54. The van der Waals surface area contributed by atoms with Crippen molar-refractivity contribution in [3.63, 3.8) is 0 Å². The van der Waals surface area contributed by atoms with Crippen molar-refractivity contribution in [1.82, 2.24) is 14.7 Å². The minimum atomic E-state index is -0.277. The first kappa shape index (κ1) is 17.6. The zero-order valence-electron chi connectivity index (χ0n) is 15.0. The van der Waals surface area contributed by atoms with Crippen molar-refractivity contribution >= 4 is 5.91 Å². The lowest BCUT2D eigenvalue weighted by Crippen LogP contribution is -3.14. The molecule has 0 bridgehead atoms. The number of halogens is 1. The highest BCUT2D eigenvalue weighted by atomic mass is 19.1. The van der Waals surface area contributed by atoms with Crippen LogP contribution in [0, 0.1) is 5.82 Å². The number of carbonyl (C=O) groups is 1. The van der Waals surface area contributed by atoms with E-state index in [-0.39, 0.29) is 11.7 Å². The van der Waals surface area contributed by atoms with Crippen molar-refractivity contribution in [1.29, 1.82) is 0 Å². The van der Waals surface area contributed by atoms with E-state index < -0.39 is 0 Å². The van der Waals surface area contributed by atoms with Crippen LogP contribution in [-0.4, -0.2) is 53.3 Å². The molecule has 5 nitrogen and oxygen atoms in total. The van der Waals surface area contributed by atoms with Gasteiger partial charge in [-0.1, -0.05) is 13.3 Å². The third kappa shape index (κ3) is 3.74. The summed E-state index contributed by atoms with van der Waals surface area (Å²) in [6.45, 7) is 8.93. The molecule has 0 radical (unpaired) electrons. The van der Waals surface area contributed by atoms with Gasteiger partial charge in [0, 0.05) is 0 Å². The lowest BCUT2D eigenvalue weighted by molar-refractivity contribution is -0.902. The summed E-state index contributed by atoms with van der Waals surface area (Å²) < 4.78 is 15.0. The number of likely N-dealkylation sites (N-methyl/N-ethyl adjacent to an activating group) is 1. The molecule has 0 aliphatic carbocycles. The molecular weight excluding hydrogens is 319 g/mol. The standard InChI is InChI=1S/C19H25FN4O/c1-3-5-18-17(19(25)23-12-10-22(4-2)11-13-23)14-21-24(18)16-8-6-15(20)7-9-16/h6-9,14H,3-5,10-13H2,1-2H3/p+1. The van der Waals surface area contributed by atoms with Crippen LogP contribution in [0.2, 0.25) is 0 Å². The SMILES string of the molecule is CCCc1c(C(=O)N2CC[NH+](CC)CC2)cnn1-c1ccc(F)cc1. The second kappa shape index (κ2) is 7.78. The predicted octanol–water partition coefficient (Wildman–Crippen LogP) is 1.32. The summed E-state index contributed by atoms with van der Waals surface area (Å²) >= 11 is 0. The maximum Gasteiger partial charge on any atom is 0.257 e. The van der Waals surface area contributed by atoms with Gasteiger partial charge in [0.25, 0.3) is 5.91 Å². The van der Waals surface area contributed by atoms with Crippen molar-refractivity contribution in [2.75, 3.05) is 32.7 Å². The second-order valence-electron chi connectivity index (χ2n) is 6.54. The van der Waals surface area contributed by atoms with E-state index in [2.05, 4.69) is 18.9 Å². The zero-order chi connectivity index (χ0) is 17.8. The predicted molar refractivity (Wildman–Crippen MR) is 94.7 cm³/mol. The molecule has 1 N–H and O–H groups in total. The molecule has 0 unspecified atom stereocenters. The first-order chi connectivity index (χ1) is 12.1. The first-order valence-electron chi connectivity index (χ1n) is 9.09. The van der Waals surface area contributed by atoms with Crippen LogP contribution in [0.1, 0.15) is 36.3 Å². The van der Waals surface area contributed by atoms with E-state index >= 15 is 0 Å². The van der Waals surface area contributed by atoms with Gasteiger partial charge in [-0.2, -0.15) is 5.10 Å². The van der Waals surface area contributed by atoms with E-state index in [0.717, 1.165) is 56.9 Å². The van der Waals surface area contributed by atoms with E-state index in [1.807, 2.05) is 4.90 Å². The Morgan fingerprint density at radius 3 is 2.48 bits per heavy atom. The molecule has 3 rings (SSSR count). The van der Waals surface area contributed by atoms with Crippen molar-refractivity contribution < 1.29 is 14.1 Å². The molecule has 0 spiro atoms. The summed E-state index contributed by atoms with van der Waals surface area (Å²) in [6, 6.07) is 6.22. The molecule has 1 aromatic carbocycles. The van der Waals surface area contributed by atoms with Crippen molar-refractivity contribution in [2.45, 2.75) is 26.7 Å². The number of aromatic nitrogens is 2. The van der Waals surface area contributed by atoms with Crippen LogP contribution in [0.3, 0.4) is 0 Å². The van der Waals surface area contributed by atoms with E-state index in [1.165, 1.54) is 12.1 Å². The van der Waals surface area contributed by atoms with Crippen LogP contribution in [0.15, 0.2) is 30.5 Å². The summed E-state index contributed by atoms with van der Waals surface area (Å²) in [4.78, 5) is 16.5. The molecule has 1 fully saturated rings. The molecule has 0 atom stereocenters. The fourth-order valence-corrected chi connectivity index (χ4v) is 3.38. The fraction of sp³-hybridized carbons (Fsp3) is 0.474. The zero-order valence-corrected chi connectivity index (χ0v) is 15.0. The van der Waals surface area contributed by atoms with E-state index in [4.69, 9.17) is 0 Å². The van der Waals surface area contributed by atoms with E-state index in [1.54, 1.807) is 27.9 Å². The topological polar surface area (TPSA) is 42.6 Å². The minimum Gasteiger partial charge on any atom is -0.332 e. The molecule has 25 heavy (non-hydrogen) atoms. The van der Waals surface area contributed by atoms with Gasteiger partial charge in [-0.05, 0) is 37.6 Å². The molecule has 1 aliphatic heterocycles. The number of hydrogen-bond acceptors (Lipinski definition) is 2. The van der Waals surface area contributed by atoms with Gasteiger partial charge >= 0.3 is 0 Å². The van der Waals surface area contributed by atoms with E-state index in [0.29, 0.717) is 5.56 Å². The average Bonchev–Trinajstić information content (AvgIpc) is 3.06. The Labute approximate surface area is 148 Å². The smallest absolute Gasteiger partial charge is 0.257 e. The van der Waals surface area contributed by atoms with Gasteiger partial charge in [0.2, 0.25) is 0 Å². The number of nitrogens with zero attached hydrogens (tertiary/aromatic N) is 3. The third-order valence-electron chi connectivity index (χ3n) is 4.92. The maximum absolute atomic E-state index is 13.2. The summed E-state index contributed by atoms with van der Waals surface area (Å²) in [5.74, 6) is -0.215. The highest BCUT2D eigenvalue weighted by Gasteiger charge is 2.27. The number of quaternary nitrogens is 1. The highest BCUT2D eigenvalue weighted by molar-refractivity contribution is 5.95. The molecule has 0 saturated carbocycles. The number of hydrogen-bond donors (Lipinski definition) is 1. The van der Waals surface area contributed by atoms with Crippen LogP contribution in [0.4, 0.5) is 4.39 Å². The van der Waals surface area contributed by atoms with Crippen LogP contribution in [-0.2, 0) is 6.42 Å². The summed E-state index contributed by atoms with van der Waals surface area (Å²) in [5, 5.41) is 4.42. The molecule has 1 amide bonds. The maximum atomic E-state index is 13.2. The number of carbonyl (C=O) groups excluding carboxylic acids is 1. The third-order valence-corrected chi connectivity index (χ3v) is 4.92. The molecule has 2 heterocycles. The Morgan fingerprint density at radius 1 is 1.20 bits per heavy atom. The molecule has 6 heteroatoms. The van der Waals surface area contributed by atoms with Crippen molar-refractivity contribution in [2.24, 2.45) is 0 Å². The number of benzene rings is 1. The lowest BCUT2D eigenvalue weighted by Gasteiger charge is -2.31. The Bertz CT molecular complexity index is 718. The normalized spacial score (nSPS) is 15.6. The highest BCUT2D eigenvalue weighted by Crippen LogP contribution is 2.19. The monoisotopic (exact) mass is 345 g/mol. The van der Waals surface area contributed by atoms with Gasteiger partial charge in [-0.15, -0.1) is 0 Å². The minimum absolute atomic E-state index is 0.0620. The van der Waals surface area contributed by atoms with Gasteiger partial charge in [0.1, 0.15) is 5.82 Å². The van der Waals surface area contributed by atoms with Gasteiger partial charge in [0.15, 0.2) is 0 Å².